The van der Waals surface area contributed by atoms with E-state index in [-0.39, 0.29) is 0 Å². The fraction of sp³-hybridized carbons (Fsp3) is 0.389. The van der Waals surface area contributed by atoms with Crippen LogP contribution in [0.3, 0.4) is 0 Å². The number of pyridine rings is 1. The Bertz CT molecular complexity index is 820. The van der Waals surface area contributed by atoms with Crippen molar-refractivity contribution < 1.29 is 0 Å². The molecule has 6 heteroatoms. The molecule has 124 valence electrons. The zero-order chi connectivity index (χ0) is 16.5. The van der Waals surface area contributed by atoms with Gasteiger partial charge in [0, 0.05) is 45.1 Å². The standard InChI is InChI=1S/C18H22N6/c1-14-10-24-12-15(6-7-18(24)20-14)11-22(2)16-4-3-5-17(21-16)23-9-8-19-13-23/h3-5,8-10,13,15H,6-7,11-12H2,1-2H3. The predicted octanol–water partition coefficient (Wildman–Crippen LogP) is 2.47. The quantitative estimate of drug-likeness (QED) is 0.740. The lowest BCUT2D eigenvalue weighted by Crippen LogP contribution is -2.32. The third-order valence-electron chi connectivity index (χ3n) is 4.62. The van der Waals surface area contributed by atoms with E-state index in [2.05, 4.69) is 45.7 Å². The number of aryl methyl sites for hydroxylation is 2. The van der Waals surface area contributed by atoms with Crippen molar-refractivity contribution in [1.82, 2.24) is 24.1 Å². The number of aromatic nitrogens is 5. The molecule has 0 aliphatic carbocycles. The molecule has 6 nitrogen and oxygen atoms in total. The SMILES string of the molecule is Cc1cn2c(n1)CCC(CN(C)c1cccc(-n3ccnc3)n1)C2. The van der Waals surface area contributed by atoms with E-state index in [1.165, 1.54) is 12.2 Å². The first-order valence-corrected chi connectivity index (χ1v) is 8.38. The van der Waals surface area contributed by atoms with Crippen molar-refractivity contribution in [2.24, 2.45) is 5.92 Å². The van der Waals surface area contributed by atoms with Gasteiger partial charge in [-0.25, -0.2) is 15.0 Å². The Kier molecular flexibility index (Phi) is 3.80. The van der Waals surface area contributed by atoms with Gasteiger partial charge in [-0.2, -0.15) is 0 Å². The van der Waals surface area contributed by atoms with Gasteiger partial charge in [-0.05, 0) is 31.4 Å². The van der Waals surface area contributed by atoms with Crippen molar-refractivity contribution in [1.29, 1.82) is 0 Å². The van der Waals surface area contributed by atoms with Crippen LogP contribution in [0.15, 0.2) is 43.1 Å². The lowest BCUT2D eigenvalue weighted by Gasteiger charge is -2.28. The van der Waals surface area contributed by atoms with E-state index < -0.39 is 0 Å². The average molecular weight is 322 g/mol. The Morgan fingerprint density at radius 3 is 3.04 bits per heavy atom. The molecule has 4 rings (SSSR count). The molecule has 3 aromatic heterocycles. The van der Waals surface area contributed by atoms with E-state index in [0.717, 1.165) is 36.8 Å². The smallest absolute Gasteiger partial charge is 0.140 e. The molecule has 0 saturated heterocycles. The Morgan fingerprint density at radius 2 is 2.21 bits per heavy atom. The highest BCUT2D eigenvalue weighted by atomic mass is 15.2. The molecule has 1 unspecified atom stereocenters. The number of hydrogen-bond donors (Lipinski definition) is 0. The van der Waals surface area contributed by atoms with Gasteiger partial charge in [0.15, 0.2) is 0 Å². The van der Waals surface area contributed by atoms with Crippen molar-refractivity contribution in [2.45, 2.75) is 26.3 Å². The molecule has 0 N–H and O–H groups in total. The van der Waals surface area contributed by atoms with Gasteiger partial charge in [0.05, 0.1) is 5.69 Å². The Hall–Kier alpha value is -2.63. The van der Waals surface area contributed by atoms with Crippen LogP contribution >= 0.6 is 0 Å². The molecule has 1 aliphatic heterocycles. The van der Waals surface area contributed by atoms with E-state index in [1.807, 2.05) is 22.9 Å². The van der Waals surface area contributed by atoms with Crippen molar-refractivity contribution in [3.8, 4) is 5.82 Å². The maximum atomic E-state index is 4.76. The van der Waals surface area contributed by atoms with Crippen LogP contribution in [0.1, 0.15) is 17.9 Å². The van der Waals surface area contributed by atoms with E-state index in [0.29, 0.717) is 5.92 Å². The third-order valence-corrected chi connectivity index (χ3v) is 4.62. The molecule has 1 aliphatic rings. The molecular weight excluding hydrogens is 300 g/mol. The van der Waals surface area contributed by atoms with Crippen LogP contribution in [-0.2, 0) is 13.0 Å². The molecule has 0 saturated carbocycles. The molecule has 0 bridgehead atoms. The number of anilines is 1. The summed E-state index contributed by atoms with van der Waals surface area (Å²) < 4.78 is 4.24. The number of rotatable bonds is 4. The molecule has 0 aromatic carbocycles. The van der Waals surface area contributed by atoms with Gasteiger partial charge in [-0.1, -0.05) is 6.07 Å². The fourth-order valence-corrected chi connectivity index (χ4v) is 3.45. The summed E-state index contributed by atoms with van der Waals surface area (Å²) in [6.07, 6.45) is 9.87. The zero-order valence-corrected chi connectivity index (χ0v) is 14.1. The second-order valence-electron chi connectivity index (χ2n) is 6.56. The third kappa shape index (κ3) is 2.91. The summed E-state index contributed by atoms with van der Waals surface area (Å²) in [5.74, 6) is 3.74. The predicted molar refractivity (Wildman–Crippen MR) is 93.4 cm³/mol. The van der Waals surface area contributed by atoms with Crippen molar-refractivity contribution in [2.75, 3.05) is 18.5 Å². The van der Waals surface area contributed by atoms with Gasteiger partial charge in [-0.15, -0.1) is 0 Å². The summed E-state index contributed by atoms with van der Waals surface area (Å²) >= 11 is 0. The van der Waals surface area contributed by atoms with Crippen LogP contribution in [0, 0.1) is 12.8 Å². The maximum Gasteiger partial charge on any atom is 0.140 e. The average Bonchev–Trinajstić information content (AvgIpc) is 3.23. The van der Waals surface area contributed by atoms with E-state index in [4.69, 9.17) is 4.98 Å². The second-order valence-corrected chi connectivity index (χ2v) is 6.56. The van der Waals surface area contributed by atoms with Crippen LogP contribution in [0.4, 0.5) is 5.82 Å². The highest BCUT2D eigenvalue weighted by Gasteiger charge is 2.21. The van der Waals surface area contributed by atoms with Crippen molar-refractivity contribution in [3.63, 3.8) is 0 Å². The lowest BCUT2D eigenvalue weighted by molar-refractivity contribution is 0.368. The fourth-order valence-electron chi connectivity index (χ4n) is 3.45. The summed E-state index contributed by atoms with van der Waals surface area (Å²) in [5.41, 5.74) is 1.12. The molecule has 24 heavy (non-hydrogen) atoms. The Labute approximate surface area is 141 Å². The summed E-state index contributed by atoms with van der Waals surface area (Å²) in [7, 11) is 2.12. The molecule has 0 amide bonds. The van der Waals surface area contributed by atoms with Gasteiger partial charge < -0.3 is 9.47 Å². The molecule has 0 spiro atoms. The molecule has 4 heterocycles. The van der Waals surface area contributed by atoms with Gasteiger partial charge in [-0.3, -0.25) is 4.57 Å². The first kappa shape index (κ1) is 14.9. The minimum absolute atomic E-state index is 0.620. The summed E-state index contributed by atoms with van der Waals surface area (Å²) in [4.78, 5) is 15.7. The van der Waals surface area contributed by atoms with Crippen molar-refractivity contribution in [3.05, 3.63) is 54.6 Å². The van der Waals surface area contributed by atoms with Gasteiger partial charge in [0.2, 0.25) is 0 Å². The van der Waals surface area contributed by atoms with Gasteiger partial charge in [0.1, 0.15) is 23.8 Å². The highest BCUT2D eigenvalue weighted by molar-refractivity contribution is 5.42. The van der Waals surface area contributed by atoms with E-state index >= 15 is 0 Å². The minimum Gasteiger partial charge on any atom is -0.359 e. The lowest BCUT2D eigenvalue weighted by atomic mass is 9.99. The molecule has 3 aromatic rings. The zero-order valence-electron chi connectivity index (χ0n) is 14.1. The van der Waals surface area contributed by atoms with E-state index in [9.17, 15) is 0 Å². The Balaban J connectivity index is 1.47. The molecule has 0 radical (unpaired) electrons. The first-order valence-electron chi connectivity index (χ1n) is 8.38. The summed E-state index contributed by atoms with van der Waals surface area (Å²) in [6, 6.07) is 6.11. The molecule has 1 atom stereocenters. The summed E-state index contributed by atoms with van der Waals surface area (Å²) in [5, 5.41) is 0. The van der Waals surface area contributed by atoms with Gasteiger partial charge in [0.25, 0.3) is 0 Å². The normalized spacial score (nSPS) is 16.8. The number of nitrogens with zero attached hydrogens (tertiary/aromatic N) is 6. The van der Waals surface area contributed by atoms with Gasteiger partial charge >= 0.3 is 0 Å². The van der Waals surface area contributed by atoms with Crippen LogP contribution < -0.4 is 4.90 Å². The van der Waals surface area contributed by atoms with Crippen LogP contribution in [0.5, 0.6) is 0 Å². The molecular formula is C18H22N6. The number of hydrogen-bond acceptors (Lipinski definition) is 4. The number of fused-ring (bicyclic) bond motifs is 1. The minimum atomic E-state index is 0.620. The van der Waals surface area contributed by atoms with Crippen LogP contribution in [0.2, 0.25) is 0 Å². The first-order chi connectivity index (χ1) is 11.7. The summed E-state index contributed by atoms with van der Waals surface area (Å²) in [6.45, 7) is 4.11. The topological polar surface area (TPSA) is 51.8 Å². The van der Waals surface area contributed by atoms with Crippen molar-refractivity contribution >= 4 is 5.82 Å². The van der Waals surface area contributed by atoms with E-state index in [1.54, 1.807) is 12.5 Å². The Morgan fingerprint density at radius 1 is 1.29 bits per heavy atom. The van der Waals surface area contributed by atoms with Crippen LogP contribution in [0.25, 0.3) is 5.82 Å². The maximum absolute atomic E-state index is 4.76. The monoisotopic (exact) mass is 322 g/mol. The number of imidazole rings is 2. The van der Waals surface area contributed by atoms with Crippen LogP contribution in [-0.4, -0.2) is 37.7 Å². The second kappa shape index (κ2) is 6.11. The molecule has 0 fully saturated rings. The largest absolute Gasteiger partial charge is 0.359 e. The highest BCUT2D eigenvalue weighted by Crippen LogP contribution is 2.22.